The summed E-state index contributed by atoms with van der Waals surface area (Å²) in [6.45, 7) is 3.22. The number of ether oxygens (including phenoxy) is 1. The fourth-order valence-corrected chi connectivity index (χ4v) is 0.865. The van der Waals surface area contributed by atoms with Gasteiger partial charge in [0.25, 0.3) is 10.1 Å². The Kier molecular flexibility index (Phi) is 4.94. The van der Waals surface area contributed by atoms with E-state index in [0.29, 0.717) is 0 Å². The van der Waals surface area contributed by atoms with Gasteiger partial charge >= 0.3 is 5.97 Å². The third-order valence-electron chi connectivity index (χ3n) is 1.10. The van der Waals surface area contributed by atoms with Crippen molar-refractivity contribution in [2.24, 2.45) is 5.92 Å². The molecule has 0 atom stereocenters. The summed E-state index contributed by atoms with van der Waals surface area (Å²) >= 11 is 0. The molecule has 0 aliphatic carbocycles. The summed E-state index contributed by atoms with van der Waals surface area (Å²) in [6.07, 6.45) is 0.942. The summed E-state index contributed by atoms with van der Waals surface area (Å²) < 4.78 is 29.9. The molecule has 5 nitrogen and oxygen atoms in total. The standard InChI is InChI=1S/C7H14O5S/c1-6(2)7(8)11-4-5-12-13(3,9)10/h6H,4-5H2,1-3H3. The van der Waals surface area contributed by atoms with E-state index in [9.17, 15) is 13.2 Å². The van der Waals surface area contributed by atoms with Gasteiger partial charge < -0.3 is 4.74 Å². The quantitative estimate of drug-likeness (QED) is 0.367. The van der Waals surface area contributed by atoms with Crippen LogP contribution in [-0.2, 0) is 23.8 Å². The Bertz CT molecular complexity index is 254. The lowest BCUT2D eigenvalue weighted by atomic mass is 10.2. The zero-order valence-corrected chi connectivity index (χ0v) is 8.76. The topological polar surface area (TPSA) is 69.7 Å². The van der Waals surface area contributed by atoms with E-state index in [1.165, 1.54) is 0 Å². The molecule has 0 aromatic carbocycles. The van der Waals surface area contributed by atoms with Crippen LogP contribution in [0.2, 0.25) is 0 Å². The minimum absolute atomic E-state index is 0.0376. The number of esters is 1. The molecule has 0 saturated heterocycles. The first kappa shape index (κ1) is 12.4. The molecule has 0 radical (unpaired) electrons. The van der Waals surface area contributed by atoms with Crippen LogP contribution in [-0.4, -0.2) is 33.9 Å². The molecule has 13 heavy (non-hydrogen) atoms. The lowest BCUT2D eigenvalue weighted by Gasteiger charge is -2.06. The first-order chi connectivity index (χ1) is 5.83. The van der Waals surface area contributed by atoms with Crippen LogP contribution in [0.3, 0.4) is 0 Å². The molecule has 0 heterocycles. The van der Waals surface area contributed by atoms with Crippen molar-refractivity contribution in [3.8, 4) is 0 Å². The fourth-order valence-electron chi connectivity index (χ4n) is 0.494. The summed E-state index contributed by atoms with van der Waals surface area (Å²) in [5, 5.41) is 0. The van der Waals surface area contributed by atoms with Crippen molar-refractivity contribution in [3.63, 3.8) is 0 Å². The molecule has 0 unspecified atom stereocenters. The molecule has 0 bridgehead atoms. The number of rotatable bonds is 5. The third kappa shape index (κ3) is 7.73. The second-order valence-electron chi connectivity index (χ2n) is 2.85. The van der Waals surface area contributed by atoms with Gasteiger partial charge in [-0.2, -0.15) is 8.42 Å². The maximum Gasteiger partial charge on any atom is 0.308 e. The van der Waals surface area contributed by atoms with Crippen molar-refractivity contribution in [1.82, 2.24) is 0 Å². The summed E-state index contributed by atoms with van der Waals surface area (Å²) in [6, 6.07) is 0. The van der Waals surface area contributed by atoms with Gasteiger partial charge in [-0.1, -0.05) is 13.8 Å². The highest BCUT2D eigenvalue weighted by Crippen LogP contribution is 1.95. The van der Waals surface area contributed by atoms with E-state index in [2.05, 4.69) is 8.92 Å². The molecule has 6 heteroatoms. The maximum atomic E-state index is 10.8. The van der Waals surface area contributed by atoms with E-state index in [1.54, 1.807) is 13.8 Å². The van der Waals surface area contributed by atoms with Crippen LogP contribution in [0.4, 0.5) is 0 Å². The largest absolute Gasteiger partial charge is 0.463 e. The lowest BCUT2D eigenvalue weighted by molar-refractivity contribution is -0.148. The summed E-state index contributed by atoms with van der Waals surface area (Å²) in [7, 11) is -3.43. The molecule has 0 aliphatic rings. The van der Waals surface area contributed by atoms with E-state index >= 15 is 0 Å². The van der Waals surface area contributed by atoms with Gasteiger partial charge in [-0.15, -0.1) is 0 Å². The van der Waals surface area contributed by atoms with Gasteiger partial charge in [0.05, 0.1) is 12.2 Å². The van der Waals surface area contributed by atoms with Crippen molar-refractivity contribution in [2.75, 3.05) is 19.5 Å². The predicted octanol–water partition coefficient (Wildman–Crippen LogP) is 0.162. The van der Waals surface area contributed by atoms with E-state index in [-0.39, 0.29) is 25.1 Å². The summed E-state index contributed by atoms with van der Waals surface area (Å²) in [5.41, 5.74) is 0. The van der Waals surface area contributed by atoms with Crippen LogP contribution in [0, 0.1) is 5.92 Å². The van der Waals surface area contributed by atoms with Crippen LogP contribution >= 0.6 is 0 Å². The summed E-state index contributed by atoms with van der Waals surface area (Å²) in [5.74, 6) is -0.574. The van der Waals surface area contributed by atoms with Crippen LogP contribution in [0.1, 0.15) is 13.8 Å². The smallest absolute Gasteiger partial charge is 0.308 e. The molecule has 0 amide bonds. The molecule has 0 aliphatic heterocycles. The molecule has 0 aromatic heterocycles. The predicted molar refractivity (Wildman–Crippen MR) is 46.6 cm³/mol. The zero-order chi connectivity index (χ0) is 10.5. The second kappa shape index (κ2) is 5.18. The third-order valence-corrected chi connectivity index (χ3v) is 1.69. The lowest BCUT2D eigenvalue weighted by Crippen LogP contribution is -2.16. The number of carbonyl (C=O) groups excluding carboxylic acids is 1. The van der Waals surface area contributed by atoms with Crippen LogP contribution in [0.15, 0.2) is 0 Å². The van der Waals surface area contributed by atoms with Crippen molar-refractivity contribution in [2.45, 2.75) is 13.8 Å². The van der Waals surface area contributed by atoms with Crippen LogP contribution < -0.4 is 0 Å². The van der Waals surface area contributed by atoms with Gasteiger partial charge in [-0.25, -0.2) is 0 Å². The Morgan fingerprint density at radius 2 is 1.85 bits per heavy atom. The first-order valence-corrected chi connectivity index (χ1v) is 5.65. The molecule has 0 fully saturated rings. The van der Waals surface area contributed by atoms with Gasteiger partial charge in [0, 0.05) is 0 Å². The molecular formula is C7H14O5S. The molecule has 0 N–H and O–H groups in total. The van der Waals surface area contributed by atoms with Gasteiger partial charge in [-0.05, 0) is 0 Å². The first-order valence-electron chi connectivity index (χ1n) is 3.84. The number of hydrogen-bond acceptors (Lipinski definition) is 5. The van der Waals surface area contributed by atoms with Crippen molar-refractivity contribution in [1.29, 1.82) is 0 Å². The summed E-state index contributed by atoms with van der Waals surface area (Å²) in [4.78, 5) is 10.8. The Hall–Kier alpha value is -0.620. The Labute approximate surface area is 78.2 Å². The van der Waals surface area contributed by atoms with Gasteiger partial charge in [0.2, 0.25) is 0 Å². The molecule has 0 saturated carbocycles. The van der Waals surface area contributed by atoms with Crippen LogP contribution in [0.5, 0.6) is 0 Å². The van der Waals surface area contributed by atoms with E-state index < -0.39 is 10.1 Å². The van der Waals surface area contributed by atoms with Crippen molar-refractivity contribution in [3.05, 3.63) is 0 Å². The molecule has 0 rings (SSSR count). The highest BCUT2D eigenvalue weighted by atomic mass is 32.2. The zero-order valence-electron chi connectivity index (χ0n) is 7.94. The number of hydrogen-bond donors (Lipinski definition) is 0. The molecule has 0 aromatic rings. The van der Waals surface area contributed by atoms with E-state index in [1.807, 2.05) is 0 Å². The van der Waals surface area contributed by atoms with Gasteiger partial charge in [0.15, 0.2) is 0 Å². The number of carbonyl (C=O) groups is 1. The average Bonchev–Trinajstić information content (AvgIpc) is 1.95. The Morgan fingerprint density at radius 1 is 1.31 bits per heavy atom. The van der Waals surface area contributed by atoms with E-state index in [4.69, 9.17) is 0 Å². The molecule has 78 valence electrons. The monoisotopic (exact) mass is 210 g/mol. The molecular weight excluding hydrogens is 196 g/mol. The Balaban J connectivity index is 3.53. The Morgan fingerprint density at radius 3 is 2.23 bits per heavy atom. The van der Waals surface area contributed by atoms with Gasteiger partial charge in [0.1, 0.15) is 13.2 Å². The van der Waals surface area contributed by atoms with Crippen LogP contribution in [0.25, 0.3) is 0 Å². The normalized spacial score (nSPS) is 11.7. The second-order valence-corrected chi connectivity index (χ2v) is 4.49. The minimum atomic E-state index is -3.43. The minimum Gasteiger partial charge on any atom is -0.463 e. The fraction of sp³-hybridized carbons (Fsp3) is 0.857. The van der Waals surface area contributed by atoms with Crippen molar-refractivity contribution < 1.29 is 22.1 Å². The highest BCUT2D eigenvalue weighted by molar-refractivity contribution is 7.85. The van der Waals surface area contributed by atoms with Gasteiger partial charge in [-0.3, -0.25) is 8.98 Å². The highest BCUT2D eigenvalue weighted by Gasteiger charge is 2.08. The maximum absolute atomic E-state index is 10.8. The molecule has 0 spiro atoms. The average molecular weight is 210 g/mol. The SMILES string of the molecule is CC(C)C(=O)OCCOS(C)(=O)=O. The van der Waals surface area contributed by atoms with E-state index in [0.717, 1.165) is 6.26 Å². The van der Waals surface area contributed by atoms with Crippen molar-refractivity contribution >= 4 is 16.1 Å².